The van der Waals surface area contributed by atoms with Gasteiger partial charge in [0.1, 0.15) is 0 Å². The Morgan fingerprint density at radius 2 is 2.20 bits per heavy atom. The third-order valence-corrected chi connectivity index (χ3v) is 5.39. The molecule has 1 amide bonds. The van der Waals surface area contributed by atoms with Crippen LogP contribution in [0.2, 0.25) is 0 Å². The van der Waals surface area contributed by atoms with Crippen LogP contribution < -0.4 is 5.56 Å². The van der Waals surface area contributed by atoms with Gasteiger partial charge in [-0.1, -0.05) is 23.9 Å². The molecule has 2 aromatic rings. The van der Waals surface area contributed by atoms with Gasteiger partial charge in [-0.05, 0) is 31.9 Å². The Kier molecular flexibility index (Phi) is 5.44. The summed E-state index contributed by atoms with van der Waals surface area (Å²) in [7, 11) is 3.46. The maximum absolute atomic E-state index is 13.0. The second kappa shape index (κ2) is 7.58. The van der Waals surface area contributed by atoms with E-state index in [1.807, 2.05) is 25.1 Å². The van der Waals surface area contributed by atoms with Gasteiger partial charge < -0.3 is 9.64 Å². The van der Waals surface area contributed by atoms with Gasteiger partial charge in [0.05, 0.1) is 28.8 Å². The van der Waals surface area contributed by atoms with Gasteiger partial charge in [0.15, 0.2) is 5.16 Å². The van der Waals surface area contributed by atoms with E-state index in [0.717, 1.165) is 19.4 Å². The minimum absolute atomic E-state index is 0.00364. The average molecular weight is 361 g/mol. The summed E-state index contributed by atoms with van der Waals surface area (Å²) in [5.74, 6) is -0.00364. The topological polar surface area (TPSA) is 64.4 Å². The maximum atomic E-state index is 13.0. The number of ether oxygens (including phenoxy) is 1. The van der Waals surface area contributed by atoms with Gasteiger partial charge in [-0.3, -0.25) is 14.2 Å². The molecule has 134 valence electrons. The quantitative estimate of drug-likeness (QED) is 0.603. The molecule has 0 spiro atoms. The fourth-order valence-electron chi connectivity index (χ4n) is 2.96. The van der Waals surface area contributed by atoms with Crippen LogP contribution in [0.25, 0.3) is 10.9 Å². The molecule has 0 radical (unpaired) electrons. The number of para-hydroxylation sites is 1. The summed E-state index contributed by atoms with van der Waals surface area (Å²) >= 11 is 1.32. The zero-order valence-corrected chi connectivity index (χ0v) is 15.6. The molecule has 3 rings (SSSR count). The van der Waals surface area contributed by atoms with Crippen molar-refractivity contribution < 1.29 is 9.53 Å². The summed E-state index contributed by atoms with van der Waals surface area (Å²) in [6, 6.07) is 7.32. The highest BCUT2D eigenvalue weighted by Gasteiger charge is 2.23. The lowest BCUT2D eigenvalue weighted by atomic mass is 10.2. The first-order valence-electron chi connectivity index (χ1n) is 8.46. The Labute approximate surface area is 151 Å². The molecule has 2 atom stereocenters. The van der Waals surface area contributed by atoms with Crippen molar-refractivity contribution in [2.45, 2.75) is 42.8 Å². The highest BCUT2D eigenvalue weighted by molar-refractivity contribution is 8.00. The van der Waals surface area contributed by atoms with Crippen molar-refractivity contribution in [1.29, 1.82) is 0 Å². The lowest BCUT2D eigenvalue weighted by Gasteiger charge is -2.20. The molecule has 1 fully saturated rings. The van der Waals surface area contributed by atoms with E-state index in [9.17, 15) is 9.59 Å². The van der Waals surface area contributed by atoms with Crippen molar-refractivity contribution in [3.63, 3.8) is 0 Å². The van der Waals surface area contributed by atoms with Gasteiger partial charge in [0.25, 0.3) is 5.56 Å². The van der Waals surface area contributed by atoms with Crippen molar-refractivity contribution in [3.8, 4) is 0 Å². The van der Waals surface area contributed by atoms with Crippen LogP contribution in [0.4, 0.5) is 0 Å². The van der Waals surface area contributed by atoms with Crippen molar-refractivity contribution >= 4 is 28.6 Å². The largest absolute Gasteiger partial charge is 0.376 e. The van der Waals surface area contributed by atoms with Crippen LogP contribution in [0.5, 0.6) is 0 Å². The number of carbonyl (C=O) groups excluding carboxylic acids is 1. The molecule has 7 heteroatoms. The van der Waals surface area contributed by atoms with Crippen LogP contribution in [-0.4, -0.2) is 52.4 Å². The van der Waals surface area contributed by atoms with Gasteiger partial charge in [-0.25, -0.2) is 4.98 Å². The molecule has 1 saturated heterocycles. The van der Waals surface area contributed by atoms with Crippen LogP contribution in [0, 0.1) is 0 Å². The average Bonchev–Trinajstić information content (AvgIpc) is 3.10. The molecule has 0 bridgehead atoms. The summed E-state index contributed by atoms with van der Waals surface area (Å²) in [5, 5.41) is 0.845. The molecule has 0 N–H and O–H groups in total. The normalized spacial score (nSPS) is 18.4. The molecule has 1 aromatic carbocycles. The fourth-order valence-corrected chi connectivity index (χ4v) is 4.03. The van der Waals surface area contributed by atoms with Crippen molar-refractivity contribution in [2.24, 2.45) is 0 Å². The van der Waals surface area contributed by atoms with Crippen LogP contribution in [0.3, 0.4) is 0 Å². The summed E-state index contributed by atoms with van der Waals surface area (Å²) in [6.45, 7) is 3.05. The summed E-state index contributed by atoms with van der Waals surface area (Å²) in [4.78, 5) is 31.4. The monoisotopic (exact) mass is 361 g/mol. The number of aromatic nitrogens is 2. The van der Waals surface area contributed by atoms with Crippen LogP contribution in [-0.2, 0) is 16.1 Å². The molecule has 2 heterocycles. The zero-order valence-electron chi connectivity index (χ0n) is 14.8. The van der Waals surface area contributed by atoms with Gasteiger partial charge >= 0.3 is 0 Å². The van der Waals surface area contributed by atoms with E-state index >= 15 is 0 Å². The third-order valence-electron chi connectivity index (χ3n) is 4.31. The Hall–Kier alpha value is -1.86. The highest BCUT2D eigenvalue weighted by atomic mass is 32.2. The lowest BCUT2D eigenvalue weighted by molar-refractivity contribution is -0.127. The number of nitrogens with zero attached hydrogens (tertiary/aromatic N) is 3. The van der Waals surface area contributed by atoms with E-state index in [4.69, 9.17) is 4.74 Å². The fraction of sp³-hybridized carbons (Fsp3) is 0.500. The number of thioether (sulfide) groups is 1. The molecule has 0 aliphatic carbocycles. The standard InChI is InChI=1S/C18H23N3O3S/c1-12(16(22)20(2)3)25-18-19-15-9-5-4-8-14(15)17(23)21(18)11-13-7-6-10-24-13/h4-5,8-9,12-13H,6-7,10-11H2,1-3H3. The van der Waals surface area contributed by atoms with Gasteiger partial charge in [-0.2, -0.15) is 0 Å². The Morgan fingerprint density at radius 3 is 2.88 bits per heavy atom. The molecule has 1 aliphatic rings. The first-order valence-corrected chi connectivity index (χ1v) is 9.34. The minimum atomic E-state index is -0.321. The van der Waals surface area contributed by atoms with Crippen LogP contribution in [0.1, 0.15) is 19.8 Å². The number of amides is 1. The number of carbonyl (C=O) groups is 1. The number of hydrogen-bond acceptors (Lipinski definition) is 5. The Morgan fingerprint density at radius 1 is 1.44 bits per heavy atom. The summed E-state index contributed by atoms with van der Waals surface area (Å²) < 4.78 is 7.37. The minimum Gasteiger partial charge on any atom is -0.376 e. The van der Waals surface area contributed by atoms with E-state index in [0.29, 0.717) is 22.6 Å². The zero-order chi connectivity index (χ0) is 18.0. The second-order valence-corrected chi connectivity index (χ2v) is 7.76. The van der Waals surface area contributed by atoms with E-state index in [-0.39, 0.29) is 22.8 Å². The number of hydrogen-bond donors (Lipinski definition) is 0. The molecule has 1 aliphatic heterocycles. The van der Waals surface area contributed by atoms with E-state index in [1.165, 1.54) is 11.8 Å². The molecular weight excluding hydrogens is 338 g/mol. The Bertz CT molecular complexity index is 828. The smallest absolute Gasteiger partial charge is 0.262 e. The van der Waals surface area contributed by atoms with Crippen molar-refractivity contribution in [2.75, 3.05) is 20.7 Å². The van der Waals surface area contributed by atoms with Crippen LogP contribution in [0.15, 0.2) is 34.2 Å². The van der Waals surface area contributed by atoms with E-state index < -0.39 is 0 Å². The first kappa shape index (κ1) is 17.9. The second-order valence-electron chi connectivity index (χ2n) is 6.46. The number of rotatable bonds is 5. The first-order chi connectivity index (χ1) is 12.0. The SMILES string of the molecule is CC(Sc1nc2ccccc2c(=O)n1CC1CCCO1)C(=O)N(C)C. The van der Waals surface area contributed by atoms with Crippen molar-refractivity contribution in [1.82, 2.24) is 14.5 Å². The van der Waals surface area contributed by atoms with Crippen LogP contribution >= 0.6 is 11.8 Å². The molecule has 0 saturated carbocycles. The summed E-state index contributed by atoms with van der Waals surface area (Å²) in [5.41, 5.74) is 0.580. The van der Waals surface area contributed by atoms with E-state index in [2.05, 4.69) is 4.98 Å². The predicted octanol–water partition coefficient (Wildman–Crippen LogP) is 2.14. The lowest BCUT2D eigenvalue weighted by Crippen LogP contribution is -2.32. The molecule has 1 aromatic heterocycles. The highest BCUT2D eigenvalue weighted by Crippen LogP contribution is 2.25. The number of benzene rings is 1. The van der Waals surface area contributed by atoms with Gasteiger partial charge in [0, 0.05) is 20.7 Å². The van der Waals surface area contributed by atoms with Gasteiger partial charge in [0.2, 0.25) is 5.91 Å². The van der Waals surface area contributed by atoms with E-state index in [1.54, 1.807) is 29.6 Å². The number of fused-ring (bicyclic) bond motifs is 1. The molecule has 6 nitrogen and oxygen atoms in total. The summed E-state index contributed by atoms with van der Waals surface area (Å²) in [6.07, 6.45) is 1.98. The maximum Gasteiger partial charge on any atom is 0.262 e. The van der Waals surface area contributed by atoms with Crippen molar-refractivity contribution in [3.05, 3.63) is 34.6 Å². The predicted molar refractivity (Wildman–Crippen MR) is 99.0 cm³/mol. The molecule has 25 heavy (non-hydrogen) atoms. The third kappa shape index (κ3) is 3.88. The molecular formula is C18H23N3O3S. The molecule has 2 unspecified atom stereocenters. The van der Waals surface area contributed by atoms with Gasteiger partial charge in [-0.15, -0.1) is 0 Å². The Balaban J connectivity index is 2.01.